The van der Waals surface area contributed by atoms with Gasteiger partial charge in [-0.05, 0) is 6.42 Å². The van der Waals surface area contributed by atoms with Crippen LogP contribution >= 0.6 is 0 Å². The highest BCUT2D eigenvalue weighted by atomic mass is 16.1. The minimum absolute atomic E-state index is 0.291. The van der Waals surface area contributed by atoms with Gasteiger partial charge in [-0.3, -0.25) is 4.79 Å². The van der Waals surface area contributed by atoms with Crippen molar-refractivity contribution in [3.05, 3.63) is 24.3 Å². The molecule has 0 aliphatic heterocycles. The van der Waals surface area contributed by atoms with Gasteiger partial charge in [0.1, 0.15) is 0 Å². The van der Waals surface area contributed by atoms with Gasteiger partial charge >= 0.3 is 0 Å². The molecular formula is C8H13NO. The summed E-state index contributed by atoms with van der Waals surface area (Å²) in [6, 6.07) is 0. The Balaban J connectivity index is 3.37. The van der Waals surface area contributed by atoms with Crippen molar-refractivity contribution in [2.45, 2.75) is 19.8 Å². The molecule has 2 N–H and O–H groups in total. The first-order chi connectivity index (χ1) is 4.77. The summed E-state index contributed by atoms with van der Waals surface area (Å²) in [5.41, 5.74) is 4.89. The van der Waals surface area contributed by atoms with E-state index in [1.807, 2.05) is 18.2 Å². The largest absolute Gasteiger partial charge is 0.369 e. The first kappa shape index (κ1) is 8.95. The summed E-state index contributed by atoms with van der Waals surface area (Å²) in [5, 5.41) is 0. The lowest BCUT2D eigenvalue weighted by Gasteiger charge is -1.81. The number of carbonyl (C=O) groups excluding carboxylic acids is 1. The highest BCUT2D eigenvalue weighted by Crippen LogP contribution is 1.84. The molecule has 10 heavy (non-hydrogen) atoms. The Hall–Kier alpha value is -1.05. The van der Waals surface area contributed by atoms with Crippen molar-refractivity contribution in [2.75, 3.05) is 0 Å². The Morgan fingerprint density at radius 2 is 2.00 bits per heavy atom. The van der Waals surface area contributed by atoms with E-state index in [1.165, 1.54) is 0 Å². The summed E-state index contributed by atoms with van der Waals surface area (Å²) in [7, 11) is 0. The van der Waals surface area contributed by atoms with E-state index in [4.69, 9.17) is 5.73 Å². The fraction of sp³-hybridized carbons (Fsp3) is 0.375. The van der Waals surface area contributed by atoms with Crippen molar-refractivity contribution in [3.8, 4) is 0 Å². The molecule has 0 aromatic carbocycles. The zero-order chi connectivity index (χ0) is 7.82. The van der Waals surface area contributed by atoms with E-state index < -0.39 is 0 Å². The highest BCUT2D eigenvalue weighted by molar-refractivity contribution is 5.75. The first-order valence-corrected chi connectivity index (χ1v) is 3.37. The molecule has 0 saturated heterocycles. The predicted molar refractivity (Wildman–Crippen MR) is 42.4 cm³/mol. The molecule has 0 aromatic heterocycles. The van der Waals surface area contributed by atoms with Crippen LogP contribution in [0, 0.1) is 0 Å². The first-order valence-electron chi connectivity index (χ1n) is 3.37. The lowest BCUT2D eigenvalue weighted by atomic mass is 10.3. The molecule has 0 radical (unpaired) electrons. The molecule has 0 aliphatic rings. The molecular weight excluding hydrogens is 126 g/mol. The summed E-state index contributed by atoms with van der Waals surface area (Å²) >= 11 is 0. The van der Waals surface area contributed by atoms with E-state index in [1.54, 1.807) is 6.08 Å². The molecule has 0 aliphatic carbocycles. The monoisotopic (exact) mass is 139 g/mol. The van der Waals surface area contributed by atoms with Crippen LogP contribution in [0.3, 0.4) is 0 Å². The minimum atomic E-state index is -0.291. The molecule has 0 bridgehead atoms. The topological polar surface area (TPSA) is 43.1 Å². The molecule has 0 atom stereocenters. The third-order valence-electron chi connectivity index (χ3n) is 0.938. The van der Waals surface area contributed by atoms with Gasteiger partial charge in [-0.25, -0.2) is 0 Å². The maximum atomic E-state index is 10.2. The van der Waals surface area contributed by atoms with Crippen LogP contribution in [0.5, 0.6) is 0 Å². The maximum absolute atomic E-state index is 10.2. The average molecular weight is 139 g/mol. The fourth-order valence-electron chi connectivity index (χ4n) is 0.477. The van der Waals surface area contributed by atoms with E-state index in [2.05, 4.69) is 6.92 Å². The van der Waals surface area contributed by atoms with Crippen molar-refractivity contribution in [1.29, 1.82) is 0 Å². The number of rotatable bonds is 4. The lowest BCUT2D eigenvalue weighted by Crippen LogP contribution is -2.07. The van der Waals surface area contributed by atoms with E-state index in [0.29, 0.717) is 6.42 Å². The second-order valence-electron chi connectivity index (χ2n) is 1.93. The van der Waals surface area contributed by atoms with Gasteiger partial charge in [-0.15, -0.1) is 0 Å². The van der Waals surface area contributed by atoms with Gasteiger partial charge in [0.25, 0.3) is 0 Å². The summed E-state index contributed by atoms with van der Waals surface area (Å²) in [6.45, 7) is 2.05. The average Bonchev–Trinajstić information content (AvgIpc) is 1.87. The van der Waals surface area contributed by atoms with Gasteiger partial charge in [0.2, 0.25) is 5.91 Å². The summed E-state index contributed by atoms with van der Waals surface area (Å²) in [6.07, 6.45) is 8.83. The van der Waals surface area contributed by atoms with Crippen LogP contribution in [0.2, 0.25) is 0 Å². The number of primary amides is 1. The summed E-state index contributed by atoms with van der Waals surface area (Å²) in [4.78, 5) is 10.2. The van der Waals surface area contributed by atoms with Crippen molar-refractivity contribution < 1.29 is 4.79 Å². The molecule has 1 amide bonds. The van der Waals surface area contributed by atoms with Gasteiger partial charge in [0, 0.05) is 6.42 Å². The lowest BCUT2D eigenvalue weighted by molar-refractivity contribution is -0.117. The van der Waals surface area contributed by atoms with Crippen LogP contribution in [0.1, 0.15) is 19.8 Å². The SMILES string of the molecule is CC/C=C/C=C/CC(N)=O. The molecule has 0 fully saturated rings. The zero-order valence-electron chi connectivity index (χ0n) is 6.21. The third-order valence-corrected chi connectivity index (χ3v) is 0.938. The molecule has 0 heterocycles. The number of nitrogens with two attached hydrogens (primary N) is 1. The molecule has 0 unspecified atom stereocenters. The van der Waals surface area contributed by atoms with Gasteiger partial charge in [-0.1, -0.05) is 31.2 Å². The van der Waals surface area contributed by atoms with Gasteiger partial charge < -0.3 is 5.73 Å². The van der Waals surface area contributed by atoms with Crippen molar-refractivity contribution in [3.63, 3.8) is 0 Å². The minimum Gasteiger partial charge on any atom is -0.369 e. The van der Waals surface area contributed by atoms with Crippen molar-refractivity contribution >= 4 is 5.91 Å². The molecule has 0 spiro atoms. The number of amides is 1. The van der Waals surface area contributed by atoms with Crippen molar-refractivity contribution in [1.82, 2.24) is 0 Å². The van der Waals surface area contributed by atoms with Crippen LogP contribution < -0.4 is 5.73 Å². The van der Waals surface area contributed by atoms with Crippen LogP contribution in [0.4, 0.5) is 0 Å². The van der Waals surface area contributed by atoms with Crippen LogP contribution in [-0.2, 0) is 4.79 Å². The van der Waals surface area contributed by atoms with E-state index in [9.17, 15) is 4.79 Å². The zero-order valence-corrected chi connectivity index (χ0v) is 6.21. The summed E-state index contributed by atoms with van der Waals surface area (Å²) in [5.74, 6) is -0.291. The predicted octanol–water partition coefficient (Wildman–Crippen LogP) is 1.38. The number of hydrogen-bond acceptors (Lipinski definition) is 1. The Labute approximate surface area is 61.4 Å². The Morgan fingerprint density at radius 3 is 2.50 bits per heavy atom. The second kappa shape index (κ2) is 6.08. The van der Waals surface area contributed by atoms with Gasteiger partial charge in [-0.2, -0.15) is 0 Å². The number of hydrogen-bond donors (Lipinski definition) is 1. The molecule has 0 aromatic rings. The Bertz CT molecular complexity index is 147. The quantitative estimate of drug-likeness (QED) is 0.587. The van der Waals surface area contributed by atoms with E-state index in [-0.39, 0.29) is 5.91 Å². The third kappa shape index (κ3) is 6.95. The molecule has 2 heteroatoms. The van der Waals surface area contributed by atoms with Crippen LogP contribution in [-0.4, -0.2) is 5.91 Å². The van der Waals surface area contributed by atoms with Gasteiger partial charge in [0.15, 0.2) is 0 Å². The second-order valence-corrected chi connectivity index (χ2v) is 1.93. The molecule has 0 saturated carbocycles. The number of allylic oxidation sites excluding steroid dienone is 3. The number of carbonyl (C=O) groups is 1. The highest BCUT2D eigenvalue weighted by Gasteiger charge is 1.83. The van der Waals surface area contributed by atoms with E-state index >= 15 is 0 Å². The molecule has 56 valence electrons. The molecule has 0 rings (SSSR count). The standard InChI is InChI=1S/C8H13NO/c1-2-3-4-5-6-7-8(9)10/h3-6H,2,7H2,1H3,(H2,9,10)/b4-3+,6-5+. The van der Waals surface area contributed by atoms with Crippen LogP contribution in [0.15, 0.2) is 24.3 Å². The van der Waals surface area contributed by atoms with Gasteiger partial charge in [0.05, 0.1) is 0 Å². The Kier molecular flexibility index (Phi) is 5.44. The Morgan fingerprint density at radius 1 is 1.40 bits per heavy atom. The maximum Gasteiger partial charge on any atom is 0.221 e. The van der Waals surface area contributed by atoms with E-state index in [0.717, 1.165) is 6.42 Å². The summed E-state index contributed by atoms with van der Waals surface area (Å²) < 4.78 is 0. The molecule has 2 nitrogen and oxygen atoms in total. The van der Waals surface area contributed by atoms with Crippen LogP contribution in [0.25, 0.3) is 0 Å². The smallest absolute Gasteiger partial charge is 0.221 e. The normalized spacial score (nSPS) is 11.3. The van der Waals surface area contributed by atoms with Crippen molar-refractivity contribution in [2.24, 2.45) is 5.73 Å². The fourth-order valence-corrected chi connectivity index (χ4v) is 0.477.